The first kappa shape index (κ1) is 17.5. The Morgan fingerprint density at radius 2 is 1.71 bits per heavy atom. The first-order chi connectivity index (χ1) is 11.6. The molecule has 126 valence electrons. The van der Waals surface area contributed by atoms with Crippen LogP contribution >= 0.6 is 0 Å². The van der Waals surface area contributed by atoms with E-state index in [1.54, 1.807) is 18.2 Å². The van der Waals surface area contributed by atoms with Crippen LogP contribution in [0, 0.1) is 0 Å². The third-order valence-corrected chi connectivity index (χ3v) is 3.35. The molecule has 2 rings (SSSR count). The molecule has 0 heterocycles. The van der Waals surface area contributed by atoms with Gasteiger partial charge in [-0.2, -0.15) is 0 Å². The normalized spacial score (nSPS) is 10.1. The van der Waals surface area contributed by atoms with Gasteiger partial charge in [-0.25, -0.2) is 0 Å². The number of nitrogens with two attached hydrogens (primary N) is 1. The van der Waals surface area contributed by atoms with Crippen molar-refractivity contribution in [3.05, 3.63) is 54.1 Å². The quantitative estimate of drug-likeness (QED) is 0.726. The van der Waals surface area contributed by atoms with Crippen LogP contribution in [0.15, 0.2) is 48.5 Å². The van der Waals surface area contributed by atoms with Gasteiger partial charge in [0, 0.05) is 19.0 Å². The van der Waals surface area contributed by atoms with Gasteiger partial charge in [-0.15, -0.1) is 0 Å². The van der Waals surface area contributed by atoms with Crippen molar-refractivity contribution in [1.29, 1.82) is 0 Å². The monoisotopic (exact) mass is 327 g/mol. The zero-order valence-electron chi connectivity index (χ0n) is 13.5. The number of nitrogens with one attached hydrogen (secondary N) is 2. The van der Waals surface area contributed by atoms with Gasteiger partial charge in [-0.3, -0.25) is 9.59 Å². The summed E-state index contributed by atoms with van der Waals surface area (Å²) in [5.41, 5.74) is 7.30. The largest absolute Gasteiger partial charge is 0.497 e. The molecular formula is C18H21N3O3. The van der Waals surface area contributed by atoms with Gasteiger partial charge in [0.15, 0.2) is 0 Å². The van der Waals surface area contributed by atoms with Crippen molar-refractivity contribution in [1.82, 2.24) is 0 Å². The summed E-state index contributed by atoms with van der Waals surface area (Å²) in [6.45, 7) is 0.255. The summed E-state index contributed by atoms with van der Waals surface area (Å²) >= 11 is 0. The van der Waals surface area contributed by atoms with Crippen molar-refractivity contribution < 1.29 is 14.3 Å². The van der Waals surface area contributed by atoms with Gasteiger partial charge in [0.25, 0.3) is 0 Å². The van der Waals surface area contributed by atoms with Crippen LogP contribution in [-0.2, 0) is 16.0 Å². The second-order valence-electron chi connectivity index (χ2n) is 5.21. The number of carbonyl (C=O) groups is 2. The zero-order valence-corrected chi connectivity index (χ0v) is 13.5. The SMILES string of the molecule is COc1ccc(NC(=O)Cc2ccccc2)c(NC(=O)CCN)c1. The number of ether oxygens (including phenoxy) is 1. The van der Waals surface area contributed by atoms with Gasteiger partial charge < -0.3 is 21.1 Å². The molecule has 0 atom stereocenters. The number of methoxy groups -OCH3 is 1. The van der Waals surface area contributed by atoms with Crippen LogP contribution in [0.3, 0.4) is 0 Å². The molecule has 6 nitrogen and oxygen atoms in total. The number of anilines is 2. The second kappa shape index (κ2) is 8.69. The molecule has 0 saturated carbocycles. The molecule has 2 aromatic rings. The van der Waals surface area contributed by atoms with E-state index >= 15 is 0 Å². The van der Waals surface area contributed by atoms with Crippen molar-refractivity contribution in [3.8, 4) is 5.75 Å². The van der Waals surface area contributed by atoms with E-state index in [9.17, 15) is 9.59 Å². The van der Waals surface area contributed by atoms with Crippen molar-refractivity contribution in [2.75, 3.05) is 24.3 Å². The maximum Gasteiger partial charge on any atom is 0.228 e. The van der Waals surface area contributed by atoms with E-state index in [0.29, 0.717) is 17.1 Å². The molecule has 0 aliphatic heterocycles. The lowest BCUT2D eigenvalue weighted by molar-refractivity contribution is -0.116. The summed E-state index contributed by atoms with van der Waals surface area (Å²) in [6.07, 6.45) is 0.456. The second-order valence-corrected chi connectivity index (χ2v) is 5.21. The molecule has 0 unspecified atom stereocenters. The summed E-state index contributed by atoms with van der Waals surface area (Å²) < 4.78 is 5.16. The smallest absolute Gasteiger partial charge is 0.228 e. The number of amides is 2. The lowest BCUT2D eigenvalue weighted by atomic mass is 10.1. The molecule has 0 radical (unpaired) electrons. The molecule has 4 N–H and O–H groups in total. The molecule has 2 amide bonds. The van der Waals surface area contributed by atoms with E-state index in [4.69, 9.17) is 10.5 Å². The highest BCUT2D eigenvalue weighted by molar-refractivity contribution is 6.00. The highest BCUT2D eigenvalue weighted by Gasteiger charge is 2.11. The fourth-order valence-electron chi connectivity index (χ4n) is 2.18. The molecular weight excluding hydrogens is 306 g/mol. The predicted octanol–water partition coefficient (Wildman–Crippen LogP) is 2.16. The Balaban J connectivity index is 2.12. The van der Waals surface area contributed by atoms with Crippen molar-refractivity contribution in [2.45, 2.75) is 12.8 Å². The minimum Gasteiger partial charge on any atom is -0.497 e. The maximum absolute atomic E-state index is 12.2. The molecule has 0 aliphatic carbocycles. The summed E-state index contributed by atoms with van der Waals surface area (Å²) in [5.74, 6) is 0.198. The van der Waals surface area contributed by atoms with Gasteiger partial charge in [0.2, 0.25) is 11.8 Å². The molecule has 0 fully saturated rings. The Kier molecular flexibility index (Phi) is 6.33. The Morgan fingerprint density at radius 1 is 1.00 bits per heavy atom. The molecule has 0 aliphatic rings. The van der Waals surface area contributed by atoms with Crippen LogP contribution in [0.25, 0.3) is 0 Å². The van der Waals surface area contributed by atoms with E-state index < -0.39 is 0 Å². The molecule has 2 aromatic carbocycles. The Hall–Kier alpha value is -2.86. The van der Waals surface area contributed by atoms with E-state index in [-0.39, 0.29) is 31.2 Å². The lowest BCUT2D eigenvalue weighted by Crippen LogP contribution is -2.19. The van der Waals surface area contributed by atoms with E-state index in [0.717, 1.165) is 5.56 Å². The van der Waals surface area contributed by atoms with E-state index in [1.807, 2.05) is 30.3 Å². The Bertz CT molecular complexity index is 702. The Labute approximate surface area is 141 Å². The summed E-state index contributed by atoms with van der Waals surface area (Å²) in [5, 5.41) is 5.56. The van der Waals surface area contributed by atoms with Gasteiger partial charge in [-0.05, 0) is 17.7 Å². The number of carbonyl (C=O) groups excluding carboxylic acids is 2. The maximum atomic E-state index is 12.2. The topological polar surface area (TPSA) is 93.5 Å². The standard InChI is InChI=1S/C18H21N3O3/c1-24-14-7-8-15(16(12-14)21-17(22)9-10-19)20-18(23)11-13-5-3-2-4-6-13/h2-8,12H,9-11,19H2,1H3,(H,20,23)(H,21,22). The number of benzene rings is 2. The van der Waals surface area contributed by atoms with Crippen LogP contribution in [0.1, 0.15) is 12.0 Å². The predicted molar refractivity (Wildman–Crippen MR) is 94.1 cm³/mol. The number of hydrogen-bond acceptors (Lipinski definition) is 4. The van der Waals surface area contributed by atoms with Gasteiger partial charge in [-0.1, -0.05) is 30.3 Å². The van der Waals surface area contributed by atoms with E-state index in [2.05, 4.69) is 10.6 Å². The molecule has 24 heavy (non-hydrogen) atoms. The minimum atomic E-state index is -0.218. The lowest BCUT2D eigenvalue weighted by Gasteiger charge is -2.14. The Morgan fingerprint density at radius 3 is 2.38 bits per heavy atom. The van der Waals surface area contributed by atoms with Gasteiger partial charge >= 0.3 is 0 Å². The third kappa shape index (κ3) is 5.10. The molecule has 0 aromatic heterocycles. The average molecular weight is 327 g/mol. The van der Waals surface area contributed by atoms with Crippen LogP contribution in [0.4, 0.5) is 11.4 Å². The zero-order chi connectivity index (χ0) is 17.4. The van der Waals surface area contributed by atoms with Crippen LogP contribution in [0.2, 0.25) is 0 Å². The number of hydrogen-bond donors (Lipinski definition) is 3. The summed E-state index contributed by atoms with van der Waals surface area (Å²) in [7, 11) is 1.54. The molecule has 0 spiro atoms. The van der Waals surface area contributed by atoms with Crippen LogP contribution in [0.5, 0.6) is 5.75 Å². The van der Waals surface area contributed by atoms with Crippen LogP contribution in [-0.4, -0.2) is 25.5 Å². The highest BCUT2D eigenvalue weighted by Crippen LogP contribution is 2.27. The first-order valence-electron chi connectivity index (χ1n) is 7.64. The third-order valence-electron chi connectivity index (χ3n) is 3.35. The summed E-state index contributed by atoms with van der Waals surface area (Å²) in [4.78, 5) is 24.0. The minimum absolute atomic E-state index is 0.166. The fraction of sp³-hybridized carbons (Fsp3) is 0.222. The van der Waals surface area contributed by atoms with Crippen molar-refractivity contribution >= 4 is 23.2 Å². The molecule has 0 bridgehead atoms. The highest BCUT2D eigenvalue weighted by atomic mass is 16.5. The molecule has 6 heteroatoms. The van der Waals surface area contributed by atoms with Crippen molar-refractivity contribution in [3.63, 3.8) is 0 Å². The van der Waals surface area contributed by atoms with Gasteiger partial charge in [0.05, 0.1) is 24.9 Å². The van der Waals surface area contributed by atoms with Crippen molar-refractivity contribution in [2.24, 2.45) is 5.73 Å². The molecule has 0 saturated heterocycles. The van der Waals surface area contributed by atoms with Crippen LogP contribution < -0.4 is 21.1 Å². The first-order valence-corrected chi connectivity index (χ1v) is 7.64. The average Bonchev–Trinajstić information content (AvgIpc) is 2.57. The van der Waals surface area contributed by atoms with E-state index in [1.165, 1.54) is 7.11 Å². The number of rotatable bonds is 7. The fourth-order valence-corrected chi connectivity index (χ4v) is 2.18. The summed E-state index contributed by atoms with van der Waals surface area (Å²) in [6, 6.07) is 14.5. The van der Waals surface area contributed by atoms with Gasteiger partial charge in [0.1, 0.15) is 5.75 Å².